The van der Waals surface area contributed by atoms with E-state index >= 15 is 0 Å². The third-order valence-corrected chi connectivity index (χ3v) is 6.32. The molecule has 0 aliphatic heterocycles. The van der Waals surface area contributed by atoms with Gasteiger partial charge in [0.1, 0.15) is 0 Å². The van der Waals surface area contributed by atoms with E-state index in [2.05, 4.69) is 20.3 Å². The Kier molecular flexibility index (Phi) is 5.35. The first-order valence-corrected chi connectivity index (χ1v) is 11.3. The molecule has 0 radical (unpaired) electrons. The fraction of sp³-hybridized carbons (Fsp3) is 0.0476. The van der Waals surface area contributed by atoms with E-state index in [0.717, 1.165) is 27.1 Å². The Morgan fingerprint density at radius 2 is 1.80 bits per heavy atom. The van der Waals surface area contributed by atoms with E-state index in [0.29, 0.717) is 22.5 Å². The molecule has 30 heavy (non-hydrogen) atoms. The summed E-state index contributed by atoms with van der Waals surface area (Å²) >= 11 is 9.08. The maximum absolute atomic E-state index is 5.94. The molecule has 0 N–H and O–H groups in total. The molecule has 0 fully saturated rings. The van der Waals surface area contributed by atoms with Gasteiger partial charge in [-0.3, -0.25) is 4.57 Å². The lowest BCUT2D eigenvalue weighted by atomic mass is 10.2. The lowest BCUT2D eigenvalue weighted by Gasteiger charge is -2.08. The van der Waals surface area contributed by atoms with Crippen LogP contribution in [-0.4, -0.2) is 24.9 Å². The minimum Gasteiger partial charge on any atom is -0.338 e. The first-order chi connectivity index (χ1) is 14.8. The van der Waals surface area contributed by atoms with Gasteiger partial charge >= 0.3 is 0 Å². The van der Waals surface area contributed by atoms with Gasteiger partial charge in [0.15, 0.2) is 11.0 Å². The van der Waals surface area contributed by atoms with Crippen molar-refractivity contribution in [3.63, 3.8) is 0 Å². The highest BCUT2D eigenvalue weighted by atomic mass is 35.5. The molecule has 5 aromatic rings. The lowest BCUT2D eigenvalue weighted by Crippen LogP contribution is -1.98. The zero-order valence-electron chi connectivity index (χ0n) is 15.5. The van der Waals surface area contributed by atoms with Crippen molar-refractivity contribution in [3.05, 3.63) is 83.0 Å². The molecule has 0 saturated heterocycles. The molecule has 0 amide bonds. The molecule has 0 unspecified atom stereocenters. The minimum atomic E-state index is 0.482. The maximum atomic E-state index is 5.94. The van der Waals surface area contributed by atoms with Crippen molar-refractivity contribution in [2.45, 2.75) is 10.9 Å². The summed E-state index contributed by atoms with van der Waals surface area (Å²) in [5, 5.41) is 16.4. The predicted molar refractivity (Wildman–Crippen MR) is 119 cm³/mol. The number of nitrogens with zero attached hydrogens (tertiary/aromatic N) is 5. The Morgan fingerprint density at radius 3 is 2.57 bits per heavy atom. The number of aromatic nitrogens is 5. The van der Waals surface area contributed by atoms with Crippen LogP contribution in [0.1, 0.15) is 5.89 Å². The van der Waals surface area contributed by atoms with Gasteiger partial charge in [-0.05, 0) is 47.8 Å². The van der Waals surface area contributed by atoms with Crippen LogP contribution < -0.4 is 0 Å². The number of thiophene rings is 1. The number of benzene rings is 2. The van der Waals surface area contributed by atoms with Crippen LogP contribution in [0.25, 0.3) is 27.8 Å². The van der Waals surface area contributed by atoms with Crippen LogP contribution in [0.5, 0.6) is 0 Å². The maximum Gasteiger partial charge on any atom is 0.237 e. The van der Waals surface area contributed by atoms with E-state index in [4.69, 9.17) is 16.1 Å². The van der Waals surface area contributed by atoms with Gasteiger partial charge in [0.25, 0.3) is 0 Å². The summed E-state index contributed by atoms with van der Waals surface area (Å²) in [7, 11) is 0. The van der Waals surface area contributed by atoms with Gasteiger partial charge in [-0.15, -0.1) is 21.5 Å². The number of para-hydroxylation sites is 1. The smallest absolute Gasteiger partial charge is 0.237 e. The lowest BCUT2D eigenvalue weighted by molar-refractivity contribution is 0.391. The average Bonchev–Trinajstić information content (AvgIpc) is 3.53. The first-order valence-electron chi connectivity index (χ1n) is 9.04. The fourth-order valence-electron chi connectivity index (χ4n) is 2.89. The van der Waals surface area contributed by atoms with Crippen LogP contribution in [0.2, 0.25) is 5.02 Å². The van der Waals surface area contributed by atoms with Crippen molar-refractivity contribution in [3.8, 4) is 27.8 Å². The van der Waals surface area contributed by atoms with Gasteiger partial charge in [-0.25, -0.2) is 0 Å². The van der Waals surface area contributed by atoms with Crippen LogP contribution in [0.15, 0.2) is 81.8 Å². The van der Waals surface area contributed by atoms with Crippen LogP contribution in [0.3, 0.4) is 0 Å². The van der Waals surface area contributed by atoms with Crippen molar-refractivity contribution in [2.75, 3.05) is 0 Å². The third kappa shape index (κ3) is 3.89. The number of halogens is 1. The third-order valence-electron chi connectivity index (χ3n) is 4.28. The van der Waals surface area contributed by atoms with E-state index in [1.807, 2.05) is 64.5 Å². The highest BCUT2D eigenvalue weighted by Gasteiger charge is 2.18. The zero-order chi connectivity index (χ0) is 20.3. The van der Waals surface area contributed by atoms with E-state index in [1.165, 1.54) is 11.8 Å². The normalized spacial score (nSPS) is 11.1. The Morgan fingerprint density at radius 1 is 0.967 bits per heavy atom. The fourth-order valence-corrected chi connectivity index (χ4v) is 4.51. The molecule has 0 bridgehead atoms. The number of rotatable bonds is 6. The van der Waals surface area contributed by atoms with Gasteiger partial charge in [0.05, 0.1) is 10.6 Å². The Balaban J connectivity index is 1.41. The molecular formula is C21H14ClN5OS2. The molecule has 148 valence electrons. The second kappa shape index (κ2) is 8.43. The Labute approximate surface area is 185 Å². The van der Waals surface area contributed by atoms with Crippen molar-refractivity contribution in [2.24, 2.45) is 0 Å². The number of thioether (sulfide) groups is 1. The Hall–Kier alpha value is -2.94. The van der Waals surface area contributed by atoms with Gasteiger partial charge < -0.3 is 4.52 Å². The van der Waals surface area contributed by atoms with Crippen LogP contribution >= 0.6 is 34.7 Å². The molecule has 0 spiro atoms. The average molecular weight is 452 g/mol. The Bertz CT molecular complexity index is 1250. The summed E-state index contributed by atoms with van der Waals surface area (Å²) < 4.78 is 7.47. The first kappa shape index (κ1) is 19.0. The molecule has 2 aromatic carbocycles. The van der Waals surface area contributed by atoms with E-state index in [-0.39, 0.29) is 0 Å². The highest BCUT2D eigenvalue weighted by Crippen LogP contribution is 2.31. The highest BCUT2D eigenvalue weighted by molar-refractivity contribution is 7.98. The van der Waals surface area contributed by atoms with Crippen molar-refractivity contribution in [1.82, 2.24) is 24.9 Å². The molecule has 9 heteroatoms. The largest absolute Gasteiger partial charge is 0.338 e. The minimum absolute atomic E-state index is 0.482. The van der Waals surface area contributed by atoms with Gasteiger partial charge in [-0.2, -0.15) is 4.98 Å². The summed E-state index contributed by atoms with van der Waals surface area (Å²) in [4.78, 5) is 5.54. The summed E-state index contributed by atoms with van der Waals surface area (Å²) in [5.74, 6) is 2.35. The molecule has 0 saturated carbocycles. The van der Waals surface area contributed by atoms with Crippen LogP contribution in [-0.2, 0) is 5.75 Å². The molecule has 0 aliphatic carbocycles. The van der Waals surface area contributed by atoms with Crippen molar-refractivity contribution in [1.29, 1.82) is 0 Å². The summed E-state index contributed by atoms with van der Waals surface area (Å²) in [6.45, 7) is 0. The molecule has 0 atom stereocenters. The van der Waals surface area contributed by atoms with Crippen molar-refractivity contribution >= 4 is 34.7 Å². The summed E-state index contributed by atoms with van der Waals surface area (Å²) in [6, 6.07) is 21.4. The zero-order valence-corrected chi connectivity index (χ0v) is 17.9. The summed E-state index contributed by atoms with van der Waals surface area (Å²) in [5.41, 5.74) is 1.85. The van der Waals surface area contributed by atoms with Crippen molar-refractivity contribution < 1.29 is 4.52 Å². The van der Waals surface area contributed by atoms with E-state index in [1.54, 1.807) is 23.5 Å². The number of hydrogen-bond acceptors (Lipinski definition) is 7. The monoisotopic (exact) mass is 451 g/mol. The second-order valence-electron chi connectivity index (χ2n) is 6.26. The molecule has 3 aromatic heterocycles. The van der Waals surface area contributed by atoms with Gasteiger partial charge in [-0.1, -0.05) is 52.8 Å². The number of hydrogen-bond donors (Lipinski definition) is 0. The van der Waals surface area contributed by atoms with E-state index < -0.39 is 0 Å². The molecule has 5 rings (SSSR count). The molecule has 3 heterocycles. The predicted octanol–water partition coefficient (Wildman–Crippen LogP) is 5.99. The molecule has 6 nitrogen and oxygen atoms in total. The summed E-state index contributed by atoms with van der Waals surface area (Å²) in [6.07, 6.45) is 0. The topological polar surface area (TPSA) is 69.6 Å². The quantitative estimate of drug-likeness (QED) is 0.295. The second-order valence-corrected chi connectivity index (χ2v) is 8.59. The van der Waals surface area contributed by atoms with Gasteiger partial charge in [0.2, 0.25) is 11.7 Å². The standard InChI is InChI=1S/C21H14ClN5OS2/c22-15-10-8-14(9-11-15)19-23-18(28-26-19)13-30-21-25-24-20(17-7-4-12-29-17)27(21)16-5-2-1-3-6-16/h1-12H,13H2. The molecule has 0 aliphatic rings. The van der Waals surface area contributed by atoms with Crippen LogP contribution in [0.4, 0.5) is 0 Å². The molecular weight excluding hydrogens is 438 g/mol. The van der Waals surface area contributed by atoms with E-state index in [9.17, 15) is 0 Å². The van der Waals surface area contributed by atoms with Crippen LogP contribution in [0, 0.1) is 0 Å². The van der Waals surface area contributed by atoms with Gasteiger partial charge in [0, 0.05) is 16.3 Å². The SMILES string of the molecule is Clc1ccc(-c2noc(CSc3nnc(-c4cccs4)n3-c3ccccc3)n2)cc1.